The summed E-state index contributed by atoms with van der Waals surface area (Å²) in [6.07, 6.45) is 1.83. The molecule has 28 heavy (non-hydrogen) atoms. The number of aromatic nitrogens is 2. The van der Waals surface area contributed by atoms with E-state index in [1.54, 1.807) is 6.92 Å². The Hall–Kier alpha value is -2.90. The fourth-order valence-corrected chi connectivity index (χ4v) is 3.71. The second-order valence-corrected chi connectivity index (χ2v) is 7.08. The number of fused-ring (bicyclic) bond motifs is 1. The molecule has 0 aliphatic carbocycles. The summed E-state index contributed by atoms with van der Waals surface area (Å²) in [5.41, 5.74) is 5.57. The van der Waals surface area contributed by atoms with Crippen LogP contribution in [0.15, 0.2) is 53.9 Å². The van der Waals surface area contributed by atoms with E-state index in [0.717, 1.165) is 55.0 Å². The SMILES string of the molecule is CC(=NO)c1ccc2c(c1)ncn2-c1cccc(N2CCN(CCO)CC2)c1. The van der Waals surface area contributed by atoms with Crippen LogP contribution in [0.4, 0.5) is 5.69 Å². The van der Waals surface area contributed by atoms with Gasteiger partial charge in [0.2, 0.25) is 0 Å². The van der Waals surface area contributed by atoms with Gasteiger partial charge >= 0.3 is 0 Å². The summed E-state index contributed by atoms with van der Waals surface area (Å²) in [4.78, 5) is 9.20. The zero-order valence-corrected chi connectivity index (χ0v) is 16.0. The molecule has 4 rings (SSSR count). The average Bonchev–Trinajstić information content (AvgIpc) is 3.17. The number of nitrogens with zero attached hydrogens (tertiary/aromatic N) is 5. The van der Waals surface area contributed by atoms with Gasteiger partial charge in [-0.2, -0.15) is 0 Å². The van der Waals surface area contributed by atoms with Gasteiger partial charge < -0.3 is 15.2 Å². The van der Waals surface area contributed by atoms with Gasteiger partial charge in [-0.15, -0.1) is 0 Å². The van der Waals surface area contributed by atoms with E-state index in [9.17, 15) is 0 Å². The molecule has 2 aromatic carbocycles. The molecule has 0 amide bonds. The number of hydrogen-bond acceptors (Lipinski definition) is 6. The molecule has 2 N–H and O–H groups in total. The van der Waals surface area contributed by atoms with Crippen LogP contribution < -0.4 is 4.90 Å². The van der Waals surface area contributed by atoms with Gasteiger partial charge in [0, 0.05) is 49.7 Å². The van der Waals surface area contributed by atoms with Crippen LogP contribution >= 0.6 is 0 Å². The van der Waals surface area contributed by atoms with E-state index in [2.05, 4.69) is 48.8 Å². The van der Waals surface area contributed by atoms with Crippen molar-refractivity contribution in [1.29, 1.82) is 0 Å². The Morgan fingerprint density at radius 1 is 1.07 bits per heavy atom. The second kappa shape index (κ2) is 8.00. The molecule has 3 aromatic rings. The van der Waals surface area contributed by atoms with Crippen molar-refractivity contribution in [2.45, 2.75) is 6.92 Å². The van der Waals surface area contributed by atoms with Crippen molar-refractivity contribution >= 4 is 22.4 Å². The number of piperazine rings is 1. The summed E-state index contributed by atoms with van der Waals surface area (Å²) in [5.74, 6) is 0. The number of aliphatic hydroxyl groups is 1. The van der Waals surface area contributed by atoms with Crippen molar-refractivity contribution in [3.63, 3.8) is 0 Å². The number of rotatable bonds is 5. The van der Waals surface area contributed by atoms with Gasteiger partial charge in [-0.1, -0.05) is 17.3 Å². The largest absolute Gasteiger partial charge is 0.411 e. The molecular weight excluding hydrogens is 354 g/mol. The third kappa shape index (κ3) is 3.58. The molecular formula is C21H25N5O2. The first-order valence-electron chi connectivity index (χ1n) is 9.54. The Kier molecular flexibility index (Phi) is 5.27. The van der Waals surface area contributed by atoms with E-state index < -0.39 is 0 Å². The zero-order valence-electron chi connectivity index (χ0n) is 16.0. The van der Waals surface area contributed by atoms with Gasteiger partial charge in [0.15, 0.2) is 0 Å². The summed E-state index contributed by atoms with van der Waals surface area (Å²) in [6, 6.07) is 14.4. The standard InChI is InChI=1S/C21H25N5O2/c1-16(23-28)17-5-6-21-20(13-17)22-15-26(21)19-4-2-3-18(14-19)25-9-7-24(8-10-25)11-12-27/h2-6,13-15,27-28H,7-12H2,1H3. The number of hydrogen-bond donors (Lipinski definition) is 2. The monoisotopic (exact) mass is 379 g/mol. The third-order valence-electron chi connectivity index (χ3n) is 5.38. The maximum absolute atomic E-state index is 9.11. The van der Waals surface area contributed by atoms with E-state index in [-0.39, 0.29) is 6.61 Å². The number of aliphatic hydroxyl groups excluding tert-OH is 1. The Labute approximate surface area is 164 Å². The highest BCUT2D eigenvalue weighted by atomic mass is 16.4. The van der Waals surface area contributed by atoms with Gasteiger partial charge in [0.1, 0.15) is 6.33 Å². The lowest BCUT2D eigenvalue weighted by Gasteiger charge is -2.36. The fourth-order valence-electron chi connectivity index (χ4n) is 3.71. The molecule has 146 valence electrons. The van der Waals surface area contributed by atoms with E-state index in [1.807, 2.05) is 24.5 Å². The molecule has 2 heterocycles. The minimum Gasteiger partial charge on any atom is -0.411 e. The van der Waals surface area contributed by atoms with Gasteiger partial charge in [0.25, 0.3) is 0 Å². The van der Waals surface area contributed by atoms with E-state index in [1.165, 1.54) is 5.69 Å². The Balaban J connectivity index is 1.60. The topological polar surface area (TPSA) is 77.1 Å². The van der Waals surface area contributed by atoms with Gasteiger partial charge in [-0.05, 0) is 37.3 Å². The lowest BCUT2D eigenvalue weighted by Crippen LogP contribution is -2.47. The maximum Gasteiger partial charge on any atom is 0.100 e. The first kappa shape index (κ1) is 18.5. The van der Waals surface area contributed by atoms with Crippen LogP contribution in [-0.2, 0) is 0 Å². The average molecular weight is 379 g/mol. The first-order chi connectivity index (χ1) is 13.7. The molecule has 0 unspecified atom stereocenters. The van der Waals surface area contributed by atoms with E-state index >= 15 is 0 Å². The normalized spacial score (nSPS) is 16.1. The lowest BCUT2D eigenvalue weighted by molar-refractivity contribution is 0.189. The molecule has 0 bridgehead atoms. The van der Waals surface area contributed by atoms with Crippen LogP contribution in [-0.4, -0.2) is 69.8 Å². The highest BCUT2D eigenvalue weighted by Gasteiger charge is 2.17. The van der Waals surface area contributed by atoms with Crippen LogP contribution in [0.5, 0.6) is 0 Å². The van der Waals surface area contributed by atoms with Crippen LogP contribution in [0.3, 0.4) is 0 Å². The number of β-amino-alcohol motifs (C(OH)–C–C–N with tert-alkyl or cyclic N) is 1. The molecule has 0 radical (unpaired) electrons. The van der Waals surface area contributed by atoms with Crippen LogP contribution in [0.2, 0.25) is 0 Å². The van der Waals surface area contributed by atoms with Gasteiger partial charge in [-0.25, -0.2) is 4.98 Å². The molecule has 7 heteroatoms. The highest BCUT2D eigenvalue weighted by Crippen LogP contribution is 2.24. The summed E-state index contributed by atoms with van der Waals surface area (Å²) >= 11 is 0. The summed E-state index contributed by atoms with van der Waals surface area (Å²) < 4.78 is 2.08. The first-order valence-corrected chi connectivity index (χ1v) is 9.54. The second-order valence-electron chi connectivity index (χ2n) is 7.08. The number of imidazole rings is 1. The van der Waals surface area contributed by atoms with E-state index in [4.69, 9.17) is 10.3 Å². The van der Waals surface area contributed by atoms with Crippen LogP contribution in [0.25, 0.3) is 16.7 Å². The number of oxime groups is 1. The van der Waals surface area contributed by atoms with Crippen molar-refractivity contribution in [3.8, 4) is 5.69 Å². The van der Waals surface area contributed by atoms with Crippen molar-refractivity contribution in [2.75, 3.05) is 44.2 Å². The lowest BCUT2D eigenvalue weighted by atomic mass is 10.1. The highest BCUT2D eigenvalue weighted by molar-refractivity contribution is 6.00. The van der Waals surface area contributed by atoms with Crippen LogP contribution in [0, 0.1) is 0 Å². The predicted octanol–water partition coefficient (Wildman–Crippen LogP) is 2.34. The summed E-state index contributed by atoms with van der Waals surface area (Å²) in [7, 11) is 0. The van der Waals surface area contributed by atoms with Gasteiger partial charge in [-0.3, -0.25) is 9.47 Å². The van der Waals surface area contributed by atoms with Crippen molar-refractivity contribution in [2.24, 2.45) is 5.16 Å². The van der Waals surface area contributed by atoms with Crippen molar-refractivity contribution in [1.82, 2.24) is 14.5 Å². The maximum atomic E-state index is 9.11. The number of benzene rings is 2. The molecule has 1 saturated heterocycles. The third-order valence-corrected chi connectivity index (χ3v) is 5.38. The van der Waals surface area contributed by atoms with Crippen molar-refractivity contribution in [3.05, 3.63) is 54.4 Å². The van der Waals surface area contributed by atoms with Crippen LogP contribution in [0.1, 0.15) is 12.5 Å². The Morgan fingerprint density at radius 3 is 2.61 bits per heavy atom. The minimum absolute atomic E-state index is 0.217. The predicted molar refractivity (Wildman–Crippen MR) is 111 cm³/mol. The summed E-state index contributed by atoms with van der Waals surface area (Å²) in [5, 5.41) is 21.4. The Morgan fingerprint density at radius 2 is 1.86 bits per heavy atom. The molecule has 1 aromatic heterocycles. The molecule has 0 atom stereocenters. The minimum atomic E-state index is 0.217. The molecule has 0 spiro atoms. The molecule has 7 nitrogen and oxygen atoms in total. The number of anilines is 1. The zero-order chi connectivity index (χ0) is 19.5. The van der Waals surface area contributed by atoms with Gasteiger partial charge in [0.05, 0.1) is 23.4 Å². The molecule has 1 aliphatic rings. The smallest absolute Gasteiger partial charge is 0.100 e. The summed E-state index contributed by atoms with van der Waals surface area (Å²) in [6.45, 7) is 6.57. The molecule has 1 fully saturated rings. The fraction of sp³-hybridized carbons (Fsp3) is 0.333. The van der Waals surface area contributed by atoms with Crippen molar-refractivity contribution < 1.29 is 10.3 Å². The van der Waals surface area contributed by atoms with E-state index in [0.29, 0.717) is 5.71 Å². The quantitative estimate of drug-likeness (QED) is 0.404. The Bertz CT molecular complexity index is 989. The molecule has 0 saturated carbocycles. The molecule has 1 aliphatic heterocycles.